The topological polar surface area (TPSA) is 20.3 Å². The summed E-state index contributed by atoms with van der Waals surface area (Å²) in [5.74, 6) is -0.321. The summed E-state index contributed by atoms with van der Waals surface area (Å²) >= 11 is 2.01. The van der Waals surface area contributed by atoms with Crippen LogP contribution in [0.4, 0.5) is 4.39 Å². The number of rotatable bonds is 1. The van der Waals surface area contributed by atoms with Gasteiger partial charge in [0, 0.05) is 16.7 Å². The smallest absolute Gasteiger partial charge is 0.255 e. The third kappa shape index (κ3) is 3.40. The van der Waals surface area contributed by atoms with Crippen molar-refractivity contribution in [2.24, 2.45) is 5.41 Å². The SMILES string of the molecule is CC(C)(C)C1=CCN(C(=O)c2ccc(F)cc2I)CC1. The summed E-state index contributed by atoms with van der Waals surface area (Å²) in [7, 11) is 0. The lowest BCUT2D eigenvalue weighted by atomic mass is 9.83. The van der Waals surface area contributed by atoms with Gasteiger partial charge in [-0.3, -0.25) is 4.79 Å². The van der Waals surface area contributed by atoms with Crippen molar-refractivity contribution in [3.05, 3.63) is 44.8 Å². The molecule has 0 aliphatic carbocycles. The number of carbonyl (C=O) groups is 1. The van der Waals surface area contributed by atoms with E-state index in [4.69, 9.17) is 0 Å². The third-order valence-corrected chi connectivity index (χ3v) is 4.51. The Kier molecular flexibility index (Phi) is 4.52. The van der Waals surface area contributed by atoms with E-state index in [1.165, 1.54) is 17.7 Å². The minimum Gasteiger partial charge on any atom is -0.335 e. The van der Waals surface area contributed by atoms with Gasteiger partial charge in [0.25, 0.3) is 5.91 Å². The van der Waals surface area contributed by atoms with Gasteiger partial charge in [0.05, 0.1) is 5.56 Å². The van der Waals surface area contributed by atoms with E-state index >= 15 is 0 Å². The Morgan fingerprint density at radius 1 is 1.35 bits per heavy atom. The Morgan fingerprint density at radius 3 is 2.55 bits per heavy atom. The normalized spacial score (nSPS) is 16.1. The quantitative estimate of drug-likeness (QED) is 0.521. The van der Waals surface area contributed by atoms with Crippen molar-refractivity contribution >= 4 is 28.5 Å². The second-order valence-electron chi connectivity index (χ2n) is 6.10. The Bertz CT molecular complexity index is 560. The van der Waals surface area contributed by atoms with E-state index in [9.17, 15) is 9.18 Å². The lowest BCUT2D eigenvalue weighted by molar-refractivity contribution is 0.0764. The largest absolute Gasteiger partial charge is 0.335 e. The fourth-order valence-corrected chi connectivity index (χ4v) is 3.08. The maximum atomic E-state index is 13.1. The molecule has 20 heavy (non-hydrogen) atoms. The van der Waals surface area contributed by atoms with Crippen LogP contribution in [0, 0.1) is 14.8 Å². The van der Waals surface area contributed by atoms with Gasteiger partial charge in [-0.05, 0) is 52.6 Å². The summed E-state index contributed by atoms with van der Waals surface area (Å²) in [4.78, 5) is 14.3. The van der Waals surface area contributed by atoms with E-state index in [2.05, 4.69) is 26.8 Å². The van der Waals surface area contributed by atoms with E-state index in [0.717, 1.165) is 13.0 Å². The number of benzene rings is 1. The molecule has 1 aliphatic heterocycles. The van der Waals surface area contributed by atoms with Crippen LogP contribution >= 0.6 is 22.6 Å². The molecule has 0 bridgehead atoms. The van der Waals surface area contributed by atoms with E-state index in [0.29, 0.717) is 15.7 Å². The number of hydrogen-bond acceptors (Lipinski definition) is 1. The lowest BCUT2D eigenvalue weighted by Gasteiger charge is -2.32. The summed E-state index contributed by atoms with van der Waals surface area (Å²) in [6.45, 7) is 7.95. The van der Waals surface area contributed by atoms with Gasteiger partial charge in [-0.25, -0.2) is 4.39 Å². The Hall–Kier alpha value is -0.910. The monoisotopic (exact) mass is 387 g/mol. The third-order valence-electron chi connectivity index (χ3n) is 3.62. The van der Waals surface area contributed by atoms with Crippen LogP contribution in [0.25, 0.3) is 0 Å². The van der Waals surface area contributed by atoms with Crippen LogP contribution in [0.15, 0.2) is 29.8 Å². The van der Waals surface area contributed by atoms with Crippen LogP contribution in [0.3, 0.4) is 0 Å². The zero-order valence-electron chi connectivity index (χ0n) is 12.0. The number of nitrogens with zero attached hydrogens (tertiary/aromatic N) is 1. The van der Waals surface area contributed by atoms with Crippen LogP contribution in [0.1, 0.15) is 37.6 Å². The Morgan fingerprint density at radius 2 is 2.05 bits per heavy atom. The molecule has 108 valence electrons. The van der Waals surface area contributed by atoms with Crippen molar-refractivity contribution in [3.8, 4) is 0 Å². The van der Waals surface area contributed by atoms with Gasteiger partial charge in [0.2, 0.25) is 0 Å². The number of hydrogen-bond donors (Lipinski definition) is 0. The molecule has 0 aromatic heterocycles. The molecule has 0 atom stereocenters. The number of amides is 1. The van der Waals surface area contributed by atoms with Gasteiger partial charge in [-0.15, -0.1) is 0 Å². The Labute approximate surface area is 133 Å². The second kappa shape index (κ2) is 5.84. The molecule has 0 N–H and O–H groups in total. The molecular formula is C16H19FINO. The van der Waals surface area contributed by atoms with Crippen LogP contribution < -0.4 is 0 Å². The molecule has 0 radical (unpaired) electrons. The molecule has 0 saturated carbocycles. The summed E-state index contributed by atoms with van der Waals surface area (Å²) in [6, 6.07) is 4.31. The van der Waals surface area contributed by atoms with Crippen LogP contribution in [-0.4, -0.2) is 23.9 Å². The minimum absolute atomic E-state index is 0.0152. The molecule has 1 aliphatic rings. The first-order valence-electron chi connectivity index (χ1n) is 6.73. The average Bonchev–Trinajstić information content (AvgIpc) is 2.37. The van der Waals surface area contributed by atoms with E-state index < -0.39 is 0 Å². The van der Waals surface area contributed by atoms with Crippen LogP contribution in [0.5, 0.6) is 0 Å². The molecule has 2 nitrogen and oxygen atoms in total. The molecule has 1 amide bonds. The highest BCUT2D eigenvalue weighted by atomic mass is 127. The standard InChI is InChI=1S/C16H19FINO/c1-16(2,3)11-6-8-19(9-7-11)15(20)13-5-4-12(17)10-14(13)18/h4-6,10H,7-9H2,1-3H3. The molecule has 1 aromatic rings. The molecule has 0 fully saturated rings. The van der Waals surface area contributed by atoms with Gasteiger partial charge in [0.1, 0.15) is 5.82 Å². The summed E-state index contributed by atoms with van der Waals surface area (Å²) in [5.41, 5.74) is 2.15. The molecule has 0 saturated heterocycles. The maximum Gasteiger partial charge on any atom is 0.255 e. The number of halogens is 2. The van der Waals surface area contributed by atoms with Gasteiger partial charge >= 0.3 is 0 Å². The second-order valence-corrected chi connectivity index (χ2v) is 7.27. The first kappa shape index (κ1) is 15.5. The first-order chi connectivity index (χ1) is 9.29. The van der Waals surface area contributed by atoms with Crippen molar-refractivity contribution in [2.45, 2.75) is 27.2 Å². The molecule has 0 unspecified atom stereocenters. The summed E-state index contributed by atoms with van der Waals surface area (Å²) < 4.78 is 13.8. The van der Waals surface area contributed by atoms with E-state index in [-0.39, 0.29) is 17.1 Å². The van der Waals surface area contributed by atoms with Gasteiger partial charge < -0.3 is 4.90 Å². The molecule has 1 heterocycles. The highest BCUT2D eigenvalue weighted by Crippen LogP contribution is 2.30. The highest BCUT2D eigenvalue weighted by molar-refractivity contribution is 14.1. The van der Waals surface area contributed by atoms with Crippen molar-refractivity contribution in [2.75, 3.05) is 13.1 Å². The molecule has 0 spiro atoms. The van der Waals surface area contributed by atoms with E-state index in [1.54, 1.807) is 6.07 Å². The maximum absolute atomic E-state index is 13.1. The molecule has 4 heteroatoms. The zero-order chi connectivity index (χ0) is 14.9. The van der Waals surface area contributed by atoms with Gasteiger partial charge in [-0.1, -0.05) is 32.4 Å². The van der Waals surface area contributed by atoms with Gasteiger partial charge in [-0.2, -0.15) is 0 Å². The minimum atomic E-state index is -0.306. The van der Waals surface area contributed by atoms with Crippen molar-refractivity contribution in [3.63, 3.8) is 0 Å². The molecular weight excluding hydrogens is 368 g/mol. The van der Waals surface area contributed by atoms with Crippen molar-refractivity contribution < 1.29 is 9.18 Å². The highest BCUT2D eigenvalue weighted by Gasteiger charge is 2.25. The first-order valence-corrected chi connectivity index (χ1v) is 7.81. The van der Waals surface area contributed by atoms with Crippen LogP contribution in [-0.2, 0) is 0 Å². The van der Waals surface area contributed by atoms with Gasteiger partial charge in [0.15, 0.2) is 0 Å². The fraction of sp³-hybridized carbons (Fsp3) is 0.438. The van der Waals surface area contributed by atoms with E-state index in [1.807, 2.05) is 27.5 Å². The predicted molar refractivity (Wildman–Crippen MR) is 87.2 cm³/mol. The van der Waals surface area contributed by atoms with Crippen LogP contribution in [0.2, 0.25) is 0 Å². The molecule has 1 aromatic carbocycles. The molecule has 2 rings (SSSR count). The zero-order valence-corrected chi connectivity index (χ0v) is 14.2. The Balaban J connectivity index is 2.14. The average molecular weight is 387 g/mol. The summed E-state index contributed by atoms with van der Waals surface area (Å²) in [6.07, 6.45) is 3.06. The predicted octanol–water partition coefficient (Wildman–Crippen LogP) is 4.25. The summed E-state index contributed by atoms with van der Waals surface area (Å²) in [5, 5.41) is 0. The van der Waals surface area contributed by atoms with Crippen molar-refractivity contribution in [1.82, 2.24) is 4.90 Å². The fourth-order valence-electron chi connectivity index (χ4n) is 2.37. The lowest BCUT2D eigenvalue weighted by Crippen LogP contribution is -2.36. The number of carbonyl (C=O) groups excluding carboxylic acids is 1. The van der Waals surface area contributed by atoms with Crippen molar-refractivity contribution in [1.29, 1.82) is 0 Å².